The van der Waals surface area contributed by atoms with Crippen molar-refractivity contribution in [2.24, 2.45) is 0 Å². The Morgan fingerprint density at radius 3 is 2.72 bits per heavy atom. The Morgan fingerprint density at radius 2 is 1.86 bits per heavy atom. The fourth-order valence-corrected chi connectivity index (χ4v) is 4.80. The van der Waals surface area contributed by atoms with Crippen molar-refractivity contribution >= 4 is 34.6 Å². The van der Waals surface area contributed by atoms with E-state index in [-0.39, 0.29) is 11.8 Å². The second kappa shape index (κ2) is 7.10. The van der Waals surface area contributed by atoms with E-state index in [1.165, 1.54) is 12.8 Å². The zero-order valence-electron chi connectivity index (χ0n) is 16.7. The minimum Gasteiger partial charge on any atom is -0.372 e. The van der Waals surface area contributed by atoms with Crippen molar-refractivity contribution in [1.82, 2.24) is 0 Å². The summed E-state index contributed by atoms with van der Waals surface area (Å²) in [5.41, 5.74) is 4.40. The lowest BCUT2D eigenvalue weighted by atomic mass is 9.96. The first-order chi connectivity index (χ1) is 14.1. The van der Waals surface area contributed by atoms with Gasteiger partial charge in [-0.2, -0.15) is 0 Å². The van der Waals surface area contributed by atoms with Gasteiger partial charge in [-0.15, -0.1) is 0 Å². The molecule has 3 aliphatic rings. The number of benzene rings is 2. The van der Waals surface area contributed by atoms with Crippen LogP contribution in [0.3, 0.4) is 0 Å². The van der Waals surface area contributed by atoms with Crippen molar-refractivity contribution < 1.29 is 9.59 Å². The molecule has 1 N–H and O–H groups in total. The van der Waals surface area contributed by atoms with Gasteiger partial charge in [0, 0.05) is 44.7 Å². The summed E-state index contributed by atoms with van der Waals surface area (Å²) in [6, 6.07) is 14.2. The van der Waals surface area contributed by atoms with Crippen LogP contribution in [0.25, 0.3) is 0 Å². The number of para-hydroxylation sites is 2. The Balaban J connectivity index is 1.51. The molecule has 0 saturated carbocycles. The minimum absolute atomic E-state index is 0.00776. The molecule has 0 bridgehead atoms. The monoisotopic (exact) mass is 390 g/mol. The van der Waals surface area contributed by atoms with Crippen molar-refractivity contribution in [1.29, 1.82) is 0 Å². The first-order valence-electron chi connectivity index (χ1n) is 10.4. The summed E-state index contributed by atoms with van der Waals surface area (Å²) < 4.78 is 0. The molecule has 3 aliphatic heterocycles. The Labute approximate surface area is 171 Å². The molecule has 1 atom stereocenters. The van der Waals surface area contributed by atoms with Crippen LogP contribution in [0.4, 0.5) is 22.7 Å². The number of nitrogens with one attached hydrogen (secondary N) is 1. The molecule has 1 unspecified atom stereocenters. The predicted molar refractivity (Wildman–Crippen MR) is 116 cm³/mol. The molecule has 3 heterocycles. The third-order valence-electron chi connectivity index (χ3n) is 6.35. The Bertz CT molecular complexity index is 973. The van der Waals surface area contributed by atoms with Crippen LogP contribution in [-0.4, -0.2) is 44.5 Å². The average Bonchev–Trinajstić information content (AvgIpc) is 2.90. The first-order valence-corrected chi connectivity index (χ1v) is 10.4. The molecule has 29 heavy (non-hydrogen) atoms. The van der Waals surface area contributed by atoms with Crippen LogP contribution < -0.4 is 20.0 Å². The zero-order chi connectivity index (χ0) is 20.0. The number of carbonyl (C=O) groups is 2. The maximum Gasteiger partial charge on any atom is 0.258 e. The fraction of sp³-hybridized carbons (Fsp3) is 0.391. The molecular formula is C23H26N4O2. The average molecular weight is 390 g/mol. The van der Waals surface area contributed by atoms with Gasteiger partial charge in [-0.1, -0.05) is 12.1 Å². The molecule has 2 amide bonds. The summed E-state index contributed by atoms with van der Waals surface area (Å²) in [5, 5.41) is 2.96. The lowest BCUT2D eigenvalue weighted by molar-refractivity contribution is -0.115. The molecule has 5 rings (SSSR count). The van der Waals surface area contributed by atoms with Crippen LogP contribution in [-0.2, 0) is 4.79 Å². The largest absolute Gasteiger partial charge is 0.372 e. The van der Waals surface area contributed by atoms with Crippen molar-refractivity contribution in [3.8, 4) is 0 Å². The molecule has 1 saturated heterocycles. The van der Waals surface area contributed by atoms with Gasteiger partial charge in [0.25, 0.3) is 5.91 Å². The van der Waals surface area contributed by atoms with E-state index in [2.05, 4.69) is 21.2 Å². The molecular weight excluding hydrogens is 364 g/mol. The lowest BCUT2D eigenvalue weighted by Gasteiger charge is -2.46. The Morgan fingerprint density at radius 1 is 1.03 bits per heavy atom. The highest BCUT2D eigenvalue weighted by Gasteiger charge is 2.35. The first kappa shape index (κ1) is 18.0. The number of rotatable bonds is 1. The topological polar surface area (TPSA) is 55.9 Å². The fourth-order valence-electron chi connectivity index (χ4n) is 4.80. The van der Waals surface area contributed by atoms with Crippen LogP contribution in [0, 0.1) is 0 Å². The SMILES string of the molecule is CN1CCC(=O)Nc2cc(C(=O)N3CC4CCCCN4c4ccccc43)ccc21. The van der Waals surface area contributed by atoms with Crippen LogP contribution >= 0.6 is 0 Å². The van der Waals surface area contributed by atoms with Crippen LogP contribution in [0.5, 0.6) is 0 Å². The molecule has 0 spiro atoms. The van der Waals surface area contributed by atoms with E-state index < -0.39 is 0 Å². The lowest BCUT2D eigenvalue weighted by Crippen LogP contribution is -2.52. The highest BCUT2D eigenvalue weighted by atomic mass is 16.2. The quantitative estimate of drug-likeness (QED) is 0.810. The van der Waals surface area contributed by atoms with Gasteiger partial charge in [-0.25, -0.2) is 0 Å². The molecule has 2 aromatic carbocycles. The number of anilines is 4. The van der Waals surface area contributed by atoms with E-state index in [0.29, 0.717) is 36.8 Å². The number of carbonyl (C=O) groups excluding carboxylic acids is 2. The summed E-state index contributed by atoms with van der Waals surface area (Å²) in [4.78, 5) is 32.1. The van der Waals surface area contributed by atoms with Gasteiger partial charge in [0.2, 0.25) is 5.91 Å². The van der Waals surface area contributed by atoms with E-state index in [1.807, 2.05) is 48.3 Å². The summed E-state index contributed by atoms with van der Waals surface area (Å²) in [5.74, 6) is -0.0204. The maximum absolute atomic E-state index is 13.6. The molecule has 6 heteroatoms. The third kappa shape index (κ3) is 3.12. The standard InChI is InChI=1S/C23H26N4O2/c1-25-13-11-22(28)24-18-14-16(9-10-19(18)25)23(29)27-15-17-6-4-5-12-26(17)20-7-2-3-8-21(20)27/h2-3,7-10,14,17H,4-6,11-13,15H2,1H3,(H,24,28). The predicted octanol–water partition coefficient (Wildman–Crippen LogP) is 3.48. The molecule has 1 fully saturated rings. The molecule has 2 aromatic rings. The molecule has 0 radical (unpaired) electrons. The van der Waals surface area contributed by atoms with Gasteiger partial charge >= 0.3 is 0 Å². The summed E-state index contributed by atoms with van der Waals surface area (Å²) in [6.45, 7) is 2.43. The molecule has 150 valence electrons. The van der Waals surface area contributed by atoms with Crippen LogP contribution in [0.1, 0.15) is 36.0 Å². The summed E-state index contributed by atoms with van der Waals surface area (Å²) in [6.07, 6.45) is 3.98. The Kier molecular flexibility index (Phi) is 4.42. The molecule has 0 aromatic heterocycles. The number of piperidine rings is 1. The van der Waals surface area contributed by atoms with E-state index >= 15 is 0 Å². The highest BCUT2D eigenvalue weighted by Crippen LogP contribution is 2.39. The number of amides is 2. The number of hydrogen-bond acceptors (Lipinski definition) is 4. The zero-order valence-corrected chi connectivity index (χ0v) is 16.7. The van der Waals surface area contributed by atoms with Gasteiger partial charge in [-0.3, -0.25) is 9.59 Å². The van der Waals surface area contributed by atoms with E-state index in [1.54, 1.807) is 0 Å². The molecule has 6 nitrogen and oxygen atoms in total. The second-order valence-corrected chi connectivity index (χ2v) is 8.20. The molecule has 0 aliphatic carbocycles. The number of hydrogen-bond donors (Lipinski definition) is 1. The maximum atomic E-state index is 13.6. The van der Waals surface area contributed by atoms with Crippen molar-refractivity contribution in [2.45, 2.75) is 31.7 Å². The summed E-state index contributed by atoms with van der Waals surface area (Å²) >= 11 is 0. The van der Waals surface area contributed by atoms with Gasteiger partial charge in [0.15, 0.2) is 0 Å². The van der Waals surface area contributed by atoms with E-state index in [0.717, 1.165) is 30.0 Å². The van der Waals surface area contributed by atoms with Gasteiger partial charge in [-0.05, 0) is 49.6 Å². The van der Waals surface area contributed by atoms with Gasteiger partial charge < -0.3 is 20.0 Å². The normalized spacial score (nSPS) is 20.9. The van der Waals surface area contributed by atoms with Crippen molar-refractivity contribution in [3.63, 3.8) is 0 Å². The highest BCUT2D eigenvalue weighted by molar-refractivity contribution is 6.10. The third-order valence-corrected chi connectivity index (χ3v) is 6.35. The number of fused-ring (bicyclic) bond motifs is 4. The van der Waals surface area contributed by atoms with Crippen LogP contribution in [0.15, 0.2) is 42.5 Å². The second-order valence-electron chi connectivity index (χ2n) is 8.20. The van der Waals surface area contributed by atoms with Crippen molar-refractivity contribution in [3.05, 3.63) is 48.0 Å². The van der Waals surface area contributed by atoms with Gasteiger partial charge in [0.05, 0.1) is 22.7 Å². The van der Waals surface area contributed by atoms with Crippen LogP contribution in [0.2, 0.25) is 0 Å². The summed E-state index contributed by atoms with van der Waals surface area (Å²) in [7, 11) is 1.97. The number of nitrogens with zero attached hydrogens (tertiary/aromatic N) is 3. The van der Waals surface area contributed by atoms with Gasteiger partial charge in [0.1, 0.15) is 0 Å². The van der Waals surface area contributed by atoms with E-state index in [9.17, 15) is 9.59 Å². The smallest absolute Gasteiger partial charge is 0.258 e. The van der Waals surface area contributed by atoms with E-state index in [4.69, 9.17) is 0 Å². The minimum atomic E-state index is -0.0126. The Hall–Kier alpha value is -3.02. The van der Waals surface area contributed by atoms with Crippen molar-refractivity contribution in [2.75, 3.05) is 46.7 Å².